The average Bonchev–Trinajstić information content (AvgIpc) is 2.63. The molecule has 5 heteroatoms. The molecule has 1 atom stereocenters. The van der Waals surface area contributed by atoms with Gasteiger partial charge in [0.1, 0.15) is 11.6 Å². The lowest BCUT2D eigenvalue weighted by Crippen LogP contribution is -2.08. The third-order valence-electron chi connectivity index (χ3n) is 3.54. The Balaban J connectivity index is 1.82. The largest absolute Gasteiger partial charge is 0.495 e. The van der Waals surface area contributed by atoms with Gasteiger partial charge in [0.15, 0.2) is 0 Å². The summed E-state index contributed by atoms with van der Waals surface area (Å²) >= 11 is 0. The molecule has 2 aromatic heterocycles. The second kappa shape index (κ2) is 6.87. The van der Waals surface area contributed by atoms with Crippen LogP contribution in [0.3, 0.4) is 0 Å². The Morgan fingerprint density at radius 2 is 1.78 bits per heavy atom. The van der Waals surface area contributed by atoms with E-state index in [0.29, 0.717) is 5.75 Å². The number of nitrogens with zero attached hydrogens (tertiary/aromatic N) is 3. The topological polar surface area (TPSA) is 59.9 Å². The van der Waals surface area contributed by atoms with Crippen molar-refractivity contribution < 1.29 is 4.74 Å². The highest BCUT2D eigenvalue weighted by molar-refractivity contribution is 5.60. The molecule has 0 saturated carbocycles. The van der Waals surface area contributed by atoms with Gasteiger partial charge >= 0.3 is 0 Å². The van der Waals surface area contributed by atoms with Crippen LogP contribution in [-0.4, -0.2) is 22.1 Å². The summed E-state index contributed by atoms with van der Waals surface area (Å²) in [7, 11) is 1.62. The highest BCUT2D eigenvalue weighted by Gasteiger charge is 2.08. The first-order valence-electron chi connectivity index (χ1n) is 7.39. The van der Waals surface area contributed by atoms with Gasteiger partial charge in [-0.2, -0.15) is 0 Å². The van der Waals surface area contributed by atoms with Crippen LogP contribution in [0, 0.1) is 0 Å². The number of hydrogen-bond donors (Lipinski definition) is 1. The van der Waals surface area contributed by atoms with Gasteiger partial charge in [0.2, 0.25) is 0 Å². The van der Waals surface area contributed by atoms with Crippen molar-refractivity contribution in [2.75, 3.05) is 12.4 Å². The zero-order valence-corrected chi connectivity index (χ0v) is 13.1. The molecule has 0 fully saturated rings. The summed E-state index contributed by atoms with van der Waals surface area (Å²) in [6.07, 6.45) is 6.85. The molecule has 5 nitrogen and oxygen atoms in total. The molecule has 0 radical (unpaired) electrons. The average molecular weight is 306 g/mol. The quantitative estimate of drug-likeness (QED) is 0.778. The van der Waals surface area contributed by atoms with Crippen molar-refractivity contribution in [1.82, 2.24) is 15.0 Å². The summed E-state index contributed by atoms with van der Waals surface area (Å²) in [5.74, 6) is 1.42. The van der Waals surface area contributed by atoms with Gasteiger partial charge in [-0.3, -0.25) is 9.97 Å². The third-order valence-corrected chi connectivity index (χ3v) is 3.54. The highest BCUT2D eigenvalue weighted by Crippen LogP contribution is 2.22. The van der Waals surface area contributed by atoms with Gasteiger partial charge in [0.25, 0.3) is 0 Å². The molecule has 0 amide bonds. The Kier molecular flexibility index (Phi) is 4.47. The normalized spacial score (nSPS) is 11.7. The van der Waals surface area contributed by atoms with Gasteiger partial charge in [-0.15, -0.1) is 0 Å². The molecule has 0 aliphatic rings. The molecule has 1 unspecified atom stereocenters. The zero-order chi connectivity index (χ0) is 16.1. The van der Waals surface area contributed by atoms with Crippen LogP contribution in [0.15, 0.2) is 61.2 Å². The maximum Gasteiger partial charge on any atom is 0.145 e. The van der Waals surface area contributed by atoms with Crippen LogP contribution in [0.2, 0.25) is 0 Å². The van der Waals surface area contributed by atoms with E-state index in [0.717, 1.165) is 17.1 Å². The predicted molar refractivity (Wildman–Crippen MR) is 90.3 cm³/mol. The smallest absolute Gasteiger partial charge is 0.145 e. The van der Waals surface area contributed by atoms with Gasteiger partial charge in [-0.25, -0.2) is 4.98 Å². The van der Waals surface area contributed by atoms with Crippen LogP contribution in [0.5, 0.6) is 5.75 Å². The number of rotatable bonds is 5. The van der Waals surface area contributed by atoms with Gasteiger partial charge in [0.05, 0.1) is 31.4 Å². The molecule has 0 aliphatic carbocycles. The first-order chi connectivity index (χ1) is 11.3. The fraction of sp³-hybridized carbons (Fsp3) is 0.167. The van der Waals surface area contributed by atoms with Crippen LogP contribution in [-0.2, 0) is 0 Å². The van der Waals surface area contributed by atoms with E-state index in [9.17, 15) is 0 Å². The molecule has 0 aliphatic heterocycles. The van der Waals surface area contributed by atoms with Crippen molar-refractivity contribution in [2.45, 2.75) is 13.0 Å². The summed E-state index contributed by atoms with van der Waals surface area (Å²) in [4.78, 5) is 13.0. The lowest BCUT2D eigenvalue weighted by atomic mass is 10.1. The Morgan fingerprint density at radius 1 is 1.00 bits per heavy atom. The Labute approximate surface area is 135 Å². The van der Waals surface area contributed by atoms with E-state index in [1.54, 1.807) is 31.9 Å². The van der Waals surface area contributed by atoms with Crippen molar-refractivity contribution >= 4 is 5.82 Å². The Hall–Kier alpha value is -2.95. The van der Waals surface area contributed by atoms with E-state index in [1.807, 2.05) is 24.3 Å². The summed E-state index contributed by atoms with van der Waals surface area (Å²) in [6.45, 7) is 2.09. The Morgan fingerprint density at radius 3 is 2.57 bits per heavy atom. The number of hydrogen-bond acceptors (Lipinski definition) is 5. The molecule has 3 aromatic rings. The molecule has 1 N–H and O–H groups in total. The van der Waals surface area contributed by atoms with Gasteiger partial charge < -0.3 is 10.1 Å². The molecule has 3 rings (SSSR count). The van der Waals surface area contributed by atoms with E-state index in [1.165, 1.54) is 5.56 Å². The van der Waals surface area contributed by atoms with Gasteiger partial charge in [0, 0.05) is 17.8 Å². The molecule has 0 saturated heterocycles. The van der Waals surface area contributed by atoms with E-state index in [-0.39, 0.29) is 6.04 Å². The number of ether oxygens (including phenoxy) is 1. The molecular formula is C18H18N4O. The lowest BCUT2D eigenvalue weighted by molar-refractivity contribution is 0.413. The van der Waals surface area contributed by atoms with Crippen molar-refractivity contribution in [3.63, 3.8) is 0 Å². The Bertz CT molecular complexity index is 777. The molecule has 0 bridgehead atoms. The van der Waals surface area contributed by atoms with Crippen molar-refractivity contribution in [2.24, 2.45) is 0 Å². The summed E-state index contributed by atoms with van der Waals surface area (Å²) < 4.78 is 5.20. The molecule has 0 spiro atoms. The first kappa shape index (κ1) is 15.0. The van der Waals surface area contributed by atoms with Crippen LogP contribution in [0.4, 0.5) is 5.82 Å². The standard InChI is InChI=1S/C18H18N4O/c1-13(14-6-4-3-5-7-14)21-18-12-20-11-17(22-18)15-8-16(23-2)10-19-9-15/h3-13H,1-2H3,(H,21,22). The summed E-state index contributed by atoms with van der Waals surface area (Å²) in [6, 6.07) is 12.3. The van der Waals surface area contributed by atoms with Crippen LogP contribution in [0.1, 0.15) is 18.5 Å². The monoisotopic (exact) mass is 306 g/mol. The minimum atomic E-state index is 0.143. The number of nitrogens with one attached hydrogen (secondary N) is 1. The van der Waals surface area contributed by atoms with Crippen molar-refractivity contribution in [3.05, 3.63) is 66.7 Å². The zero-order valence-electron chi connectivity index (χ0n) is 13.1. The van der Waals surface area contributed by atoms with Crippen molar-refractivity contribution in [3.8, 4) is 17.0 Å². The number of aromatic nitrogens is 3. The maximum atomic E-state index is 5.20. The third kappa shape index (κ3) is 3.63. The van der Waals surface area contributed by atoms with E-state index in [4.69, 9.17) is 4.74 Å². The first-order valence-corrected chi connectivity index (χ1v) is 7.39. The summed E-state index contributed by atoms with van der Waals surface area (Å²) in [5.41, 5.74) is 2.82. The molecular weight excluding hydrogens is 288 g/mol. The number of pyridine rings is 1. The number of methoxy groups -OCH3 is 1. The van der Waals surface area contributed by atoms with Crippen LogP contribution >= 0.6 is 0 Å². The molecule has 23 heavy (non-hydrogen) atoms. The number of anilines is 1. The van der Waals surface area contributed by atoms with Gasteiger partial charge in [-0.05, 0) is 18.6 Å². The SMILES string of the molecule is COc1cncc(-c2cncc(NC(C)c3ccccc3)n2)c1. The molecule has 2 heterocycles. The fourth-order valence-corrected chi connectivity index (χ4v) is 2.29. The highest BCUT2D eigenvalue weighted by atomic mass is 16.5. The summed E-state index contributed by atoms with van der Waals surface area (Å²) in [5, 5.41) is 3.37. The van der Waals surface area contributed by atoms with Crippen molar-refractivity contribution in [1.29, 1.82) is 0 Å². The lowest BCUT2D eigenvalue weighted by Gasteiger charge is -2.15. The van der Waals surface area contributed by atoms with Crippen LogP contribution in [0.25, 0.3) is 11.3 Å². The van der Waals surface area contributed by atoms with E-state index < -0.39 is 0 Å². The van der Waals surface area contributed by atoms with Crippen LogP contribution < -0.4 is 10.1 Å². The number of benzene rings is 1. The van der Waals surface area contributed by atoms with E-state index >= 15 is 0 Å². The predicted octanol–water partition coefficient (Wildman–Crippen LogP) is 3.72. The minimum absolute atomic E-state index is 0.143. The van der Waals surface area contributed by atoms with E-state index in [2.05, 4.69) is 39.3 Å². The molecule has 116 valence electrons. The maximum absolute atomic E-state index is 5.20. The minimum Gasteiger partial charge on any atom is -0.495 e. The molecule has 1 aromatic carbocycles. The fourth-order valence-electron chi connectivity index (χ4n) is 2.29. The second-order valence-corrected chi connectivity index (χ2v) is 5.18. The second-order valence-electron chi connectivity index (χ2n) is 5.18. The van der Waals surface area contributed by atoms with Gasteiger partial charge in [-0.1, -0.05) is 30.3 Å².